The van der Waals surface area contributed by atoms with Crippen LogP contribution in [0.4, 0.5) is 4.79 Å². The number of carbonyl (C=O) groups is 1. The fraction of sp³-hybridized carbons (Fsp3) is 0.600. The summed E-state index contributed by atoms with van der Waals surface area (Å²) in [5.41, 5.74) is -0.509. The zero-order valence-electron chi connectivity index (χ0n) is 13.1. The van der Waals surface area contributed by atoms with E-state index in [0.29, 0.717) is 17.2 Å². The molecule has 7 heteroatoms. The smallest absolute Gasteiger partial charge is 0.411 e. The molecule has 22 heavy (non-hydrogen) atoms. The van der Waals surface area contributed by atoms with E-state index >= 15 is 0 Å². The number of ether oxygens (including phenoxy) is 2. The van der Waals surface area contributed by atoms with Crippen molar-refractivity contribution in [2.45, 2.75) is 49.9 Å². The van der Waals surface area contributed by atoms with Gasteiger partial charge in [0.2, 0.25) is 0 Å². The molecule has 1 aliphatic heterocycles. The van der Waals surface area contributed by atoms with Crippen molar-refractivity contribution in [3.63, 3.8) is 0 Å². The van der Waals surface area contributed by atoms with Crippen LogP contribution in [0, 0.1) is 18.3 Å². The summed E-state index contributed by atoms with van der Waals surface area (Å²) < 4.78 is 11.4. The van der Waals surface area contributed by atoms with Crippen LogP contribution in [0.15, 0.2) is 6.07 Å². The molecule has 0 bridgehead atoms. The third-order valence-electron chi connectivity index (χ3n) is 3.04. The monoisotopic (exact) mass is 434 g/mol. The summed E-state index contributed by atoms with van der Waals surface area (Å²) in [7, 11) is 0. The fourth-order valence-electron chi connectivity index (χ4n) is 2.18. The van der Waals surface area contributed by atoms with Crippen LogP contribution in [-0.4, -0.2) is 33.3 Å². The third kappa shape index (κ3) is 4.26. The van der Waals surface area contributed by atoms with Gasteiger partial charge in [0.05, 0.1) is 10.6 Å². The minimum atomic E-state index is -0.509. The molecule has 0 aromatic carbocycles. The standard InChI is InChI=1S/C15H19IN2O3S/c1-9-5-11(12(7-17)22-9)20-10-6-13(16)18(8-10)14(19)21-15(2,3)4/h5,10,13H,6,8H2,1-4H3/t10?,13-/m1/s1. The second-order valence-corrected chi connectivity index (χ2v) is 8.90. The Morgan fingerprint density at radius 2 is 2.23 bits per heavy atom. The molecule has 0 aliphatic carbocycles. The van der Waals surface area contributed by atoms with Gasteiger partial charge in [-0.15, -0.1) is 11.3 Å². The molecule has 2 rings (SSSR count). The van der Waals surface area contributed by atoms with Gasteiger partial charge >= 0.3 is 6.09 Å². The van der Waals surface area contributed by atoms with Crippen molar-refractivity contribution in [2.24, 2.45) is 0 Å². The number of rotatable bonds is 2. The molecule has 0 N–H and O–H groups in total. The van der Waals surface area contributed by atoms with Gasteiger partial charge in [-0.2, -0.15) is 5.26 Å². The summed E-state index contributed by atoms with van der Waals surface area (Å²) in [5.74, 6) is 0.615. The first kappa shape index (κ1) is 17.3. The number of alkyl halides is 1. The van der Waals surface area contributed by atoms with Crippen LogP contribution in [0.1, 0.15) is 36.9 Å². The lowest BCUT2D eigenvalue weighted by atomic mass is 10.2. The van der Waals surface area contributed by atoms with Crippen molar-refractivity contribution >= 4 is 40.0 Å². The summed E-state index contributed by atoms with van der Waals surface area (Å²) in [4.78, 5) is 15.5. The van der Waals surface area contributed by atoms with E-state index in [1.165, 1.54) is 11.3 Å². The van der Waals surface area contributed by atoms with Crippen LogP contribution in [0.25, 0.3) is 0 Å². The van der Waals surface area contributed by atoms with E-state index < -0.39 is 5.60 Å². The minimum Gasteiger partial charge on any atom is -0.486 e. The van der Waals surface area contributed by atoms with Crippen molar-refractivity contribution in [1.29, 1.82) is 5.26 Å². The number of nitrogens with zero attached hydrogens (tertiary/aromatic N) is 2. The number of thiophene rings is 1. The second kappa shape index (κ2) is 6.62. The van der Waals surface area contributed by atoms with Gasteiger partial charge < -0.3 is 9.47 Å². The lowest BCUT2D eigenvalue weighted by molar-refractivity contribution is 0.0267. The average molecular weight is 434 g/mol. The number of amides is 1. The van der Waals surface area contributed by atoms with Crippen molar-refractivity contribution < 1.29 is 14.3 Å². The number of halogens is 1. The maximum Gasteiger partial charge on any atom is 0.411 e. The molecule has 1 aromatic heterocycles. The Morgan fingerprint density at radius 3 is 2.82 bits per heavy atom. The lowest BCUT2D eigenvalue weighted by Gasteiger charge is -2.26. The molecule has 1 saturated heterocycles. The molecule has 1 unspecified atom stereocenters. The number of hydrogen-bond acceptors (Lipinski definition) is 5. The molecule has 120 valence electrons. The van der Waals surface area contributed by atoms with Crippen molar-refractivity contribution in [1.82, 2.24) is 4.90 Å². The molecule has 2 heterocycles. The Kier molecular flexibility index (Phi) is 5.22. The van der Waals surface area contributed by atoms with E-state index in [-0.39, 0.29) is 16.2 Å². The van der Waals surface area contributed by atoms with Gasteiger partial charge in [-0.1, -0.05) is 22.6 Å². The molecule has 1 aromatic rings. The van der Waals surface area contributed by atoms with Crippen LogP contribution in [0.5, 0.6) is 5.75 Å². The van der Waals surface area contributed by atoms with E-state index in [0.717, 1.165) is 11.3 Å². The van der Waals surface area contributed by atoms with E-state index in [1.54, 1.807) is 4.90 Å². The Labute approximate surface area is 148 Å². The molecule has 1 amide bonds. The fourth-order valence-corrected chi connectivity index (χ4v) is 3.95. The number of carbonyl (C=O) groups excluding carboxylic acids is 1. The van der Waals surface area contributed by atoms with Gasteiger partial charge in [0.15, 0.2) is 0 Å². The van der Waals surface area contributed by atoms with Crippen LogP contribution in [0.2, 0.25) is 0 Å². The van der Waals surface area contributed by atoms with Crippen LogP contribution < -0.4 is 4.74 Å². The van der Waals surface area contributed by atoms with Crippen LogP contribution in [0.3, 0.4) is 0 Å². The average Bonchev–Trinajstić information content (AvgIpc) is 2.90. The SMILES string of the molecule is Cc1cc(OC2C[C@H](I)N(C(=O)OC(C)(C)C)C2)c(C#N)s1. The van der Waals surface area contributed by atoms with Gasteiger partial charge in [-0.3, -0.25) is 4.90 Å². The Hall–Kier alpha value is -1.01. The van der Waals surface area contributed by atoms with Gasteiger partial charge in [0.25, 0.3) is 0 Å². The number of hydrogen-bond donors (Lipinski definition) is 0. The van der Waals surface area contributed by atoms with Crippen LogP contribution >= 0.6 is 33.9 Å². The second-order valence-electron chi connectivity index (χ2n) is 6.20. The molecule has 0 spiro atoms. The quantitative estimate of drug-likeness (QED) is 0.400. The first-order chi connectivity index (χ1) is 10.2. The van der Waals surface area contributed by atoms with E-state index in [2.05, 4.69) is 28.7 Å². The van der Waals surface area contributed by atoms with E-state index in [9.17, 15) is 4.79 Å². The minimum absolute atomic E-state index is 0.0303. The zero-order valence-corrected chi connectivity index (χ0v) is 16.0. The number of likely N-dealkylation sites (tertiary alicyclic amines) is 1. The zero-order chi connectivity index (χ0) is 16.5. The summed E-state index contributed by atoms with van der Waals surface area (Å²) in [6.45, 7) is 7.98. The molecule has 2 atom stereocenters. The summed E-state index contributed by atoms with van der Waals surface area (Å²) >= 11 is 3.64. The van der Waals surface area contributed by atoms with Gasteiger partial charge in [-0.25, -0.2) is 4.79 Å². The van der Waals surface area contributed by atoms with Gasteiger partial charge in [0.1, 0.15) is 28.4 Å². The normalized spacial score (nSPS) is 21.5. The van der Waals surface area contributed by atoms with Crippen molar-refractivity contribution in [3.8, 4) is 11.8 Å². The van der Waals surface area contributed by atoms with E-state index in [1.807, 2.05) is 33.8 Å². The van der Waals surface area contributed by atoms with Crippen molar-refractivity contribution in [3.05, 3.63) is 15.8 Å². The third-order valence-corrected chi connectivity index (χ3v) is 5.16. The molecule has 5 nitrogen and oxygen atoms in total. The van der Waals surface area contributed by atoms with Gasteiger partial charge in [0, 0.05) is 11.3 Å². The first-order valence-corrected chi connectivity index (χ1v) is 9.06. The highest BCUT2D eigenvalue weighted by atomic mass is 127. The highest BCUT2D eigenvalue weighted by Gasteiger charge is 2.37. The Bertz CT molecular complexity index is 603. The molecular weight excluding hydrogens is 415 g/mol. The molecule has 1 fully saturated rings. The predicted molar refractivity (Wildman–Crippen MR) is 93.6 cm³/mol. The highest BCUT2D eigenvalue weighted by molar-refractivity contribution is 14.1. The Morgan fingerprint density at radius 1 is 1.55 bits per heavy atom. The number of nitriles is 1. The summed E-state index contributed by atoms with van der Waals surface area (Å²) in [5, 5.41) is 9.12. The van der Waals surface area contributed by atoms with Gasteiger partial charge in [-0.05, 0) is 33.8 Å². The lowest BCUT2D eigenvalue weighted by Crippen LogP contribution is -2.38. The maximum absolute atomic E-state index is 12.2. The van der Waals surface area contributed by atoms with Crippen molar-refractivity contribution in [2.75, 3.05) is 6.54 Å². The highest BCUT2D eigenvalue weighted by Crippen LogP contribution is 2.33. The molecule has 1 aliphatic rings. The first-order valence-electron chi connectivity index (χ1n) is 7.00. The number of aryl methyl sites for hydroxylation is 1. The molecule has 0 radical (unpaired) electrons. The summed E-state index contributed by atoms with van der Waals surface area (Å²) in [6, 6.07) is 4.03. The Balaban J connectivity index is 2.02. The molecular formula is C15H19IN2O3S. The largest absolute Gasteiger partial charge is 0.486 e. The maximum atomic E-state index is 12.2. The van der Waals surface area contributed by atoms with E-state index in [4.69, 9.17) is 14.7 Å². The topological polar surface area (TPSA) is 62.6 Å². The van der Waals surface area contributed by atoms with Crippen LogP contribution in [-0.2, 0) is 4.74 Å². The molecule has 0 saturated carbocycles. The predicted octanol–water partition coefficient (Wildman–Crippen LogP) is 4.08. The summed E-state index contributed by atoms with van der Waals surface area (Å²) in [6.07, 6.45) is 0.287.